The van der Waals surface area contributed by atoms with Crippen molar-refractivity contribution in [2.75, 3.05) is 5.32 Å². The van der Waals surface area contributed by atoms with Crippen LogP contribution in [0.2, 0.25) is 5.02 Å². The Balaban J connectivity index is 1.94. The average Bonchev–Trinajstić information content (AvgIpc) is 2.56. The number of amides is 1. The fourth-order valence-corrected chi connectivity index (χ4v) is 2.19. The largest absolute Gasteiger partial charge is 0.449 e. The van der Waals surface area contributed by atoms with Crippen LogP contribution in [-0.4, -0.2) is 18.0 Å². The van der Waals surface area contributed by atoms with Crippen molar-refractivity contribution < 1.29 is 14.3 Å². The topological polar surface area (TPSA) is 55.4 Å². The van der Waals surface area contributed by atoms with Gasteiger partial charge in [0.1, 0.15) is 0 Å². The van der Waals surface area contributed by atoms with Gasteiger partial charge in [-0.15, -0.1) is 0 Å². The van der Waals surface area contributed by atoms with E-state index >= 15 is 0 Å². The molecule has 0 bridgehead atoms. The molecule has 0 aliphatic rings. The van der Waals surface area contributed by atoms with Crippen molar-refractivity contribution in [3.05, 3.63) is 64.7 Å². The van der Waals surface area contributed by atoms with Gasteiger partial charge in [0.2, 0.25) is 0 Å². The smallest absolute Gasteiger partial charge is 0.338 e. The van der Waals surface area contributed by atoms with Crippen molar-refractivity contribution >= 4 is 29.2 Å². The van der Waals surface area contributed by atoms with Crippen LogP contribution in [0.1, 0.15) is 42.6 Å². The summed E-state index contributed by atoms with van der Waals surface area (Å²) in [6.45, 7) is 5.69. The number of hydrogen-bond donors (Lipinski definition) is 1. The van der Waals surface area contributed by atoms with Gasteiger partial charge in [-0.25, -0.2) is 4.79 Å². The molecule has 1 amide bonds. The predicted octanol–water partition coefficient (Wildman–Crippen LogP) is 4.65. The zero-order valence-corrected chi connectivity index (χ0v) is 14.6. The van der Waals surface area contributed by atoms with Gasteiger partial charge in [0.25, 0.3) is 5.91 Å². The number of rotatable bonds is 5. The van der Waals surface area contributed by atoms with Crippen LogP contribution in [0.5, 0.6) is 0 Å². The molecule has 5 heteroatoms. The van der Waals surface area contributed by atoms with Gasteiger partial charge in [-0.1, -0.05) is 37.6 Å². The van der Waals surface area contributed by atoms with Crippen molar-refractivity contribution in [1.82, 2.24) is 0 Å². The maximum atomic E-state index is 12.1. The maximum Gasteiger partial charge on any atom is 0.338 e. The molecule has 2 aromatic carbocycles. The number of hydrogen-bond acceptors (Lipinski definition) is 3. The second-order valence-corrected chi connectivity index (χ2v) is 6.26. The molecule has 0 saturated carbocycles. The van der Waals surface area contributed by atoms with Crippen molar-refractivity contribution in [2.24, 2.45) is 0 Å². The fourth-order valence-electron chi connectivity index (χ4n) is 2.06. The average molecular weight is 346 g/mol. The van der Waals surface area contributed by atoms with Gasteiger partial charge in [-0.05, 0) is 54.8 Å². The van der Waals surface area contributed by atoms with Crippen LogP contribution in [0.4, 0.5) is 5.69 Å². The van der Waals surface area contributed by atoms with Crippen LogP contribution in [0, 0.1) is 0 Å². The summed E-state index contributed by atoms with van der Waals surface area (Å²) in [4.78, 5) is 24.2. The van der Waals surface area contributed by atoms with Gasteiger partial charge >= 0.3 is 5.97 Å². The second kappa shape index (κ2) is 7.97. The van der Waals surface area contributed by atoms with Crippen molar-refractivity contribution in [3.8, 4) is 0 Å². The fraction of sp³-hybridized carbons (Fsp3) is 0.263. The SMILES string of the molecule is CC(C)c1ccc(C(=O)O[C@H](C)C(=O)Nc2ccc(Cl)cc2)cc1. The Kier molecular flexibility index (Phi) is 5.99. The molecule has 0 aromatic heterocycles. The molecule has 1 atom stereocenters. The first-order valence-electron chi connectivity index (χ1n) is 7.74. The highest BCUT2D eigenvalue weighted by molar-refractivity contribution is 6.30. The second-order valence-electron chi connectivity index (χ2n) is 5.82. The highest BCUT2D eigenvalue weighted by atomic mass is 35.5. The van der Waals surface area contributed by atoms with E-state index in [0.29, 0.717) is 22.2 Å². The molecule has 2 aromatic rings. The van der Waals surface area contributed by atoms with Crippen LogP contribution < -0.4 is 5.32 Å². The summed E-state index contributed by atoms with van der Waals surface area (Å²) in [6, 6.07) is 13.9. The Morgan fingerprint density at radius 3 is 2.08 bits per heavy atom. The molecule has 0 fully saturated rings. The Hall–Kier alpha value is -2.33. The third-order valence-electron chi connectivity index (χ3n) is 3.58. The molecule has 0 aliphatic carbocycles. The monoisotopic (exact) mass is 345 g/mol. The lowest BCUT2D eigenvalue weighted by Gasteiger charge is -2.14. The lowest BCUT2D eigenvalue weighted by molar-refractivity contribution is -0.123. The summed E-state index contributed by atoms with van der Waals surface area (Å²) in [5, 5.41) is 3.26. The number of nitrogens with one attached hydrogen (secondary N) is 1. The lowest BCUT2D eigenvalue weighted by Crippen LogP contribution is -2.30. The predicted molar refractivity (Wildman–Crippen MR) is 95.5 cm³/mol. The molecule has 4 nitrogen and oxygen atoms in total. The lowest BCUT2D eigenvalue weighted by atomic mass is 10.0. The van der Waals surface area contributed by atoms with E-state index in [1.165, 1.54) is 6.92 Å². The quantitative estimate of drug-likeness (QED) is 0.802. The third-order valence-corrected chi connectivity index (χ3v) is 3.83. The minimum absolute atomic E-state index is 0.388. The Morgan fingerprint density at radius 1 is 0.958 bits per heavy atom. The third kappa shape index (κ3) is 4.83. The van der Waals surface area contributed by atoms with E-state index < -0.39 is 18.0 Å². The number of carbonyl (C=O) groups excluding carboxylic acids is 2. The molecule has 0 radical (unpaired) electrons. The van der Waals surface area contributed by atoms with E-state index in [2.05, 4.69) is 19.2 Å². The molecule has 24 heavy (non-hydrogen) atoms. The molecule has 0 heterocycles. The number of anilines is 1. The van der Waals surface area contributed by atoms with E-state index in [4.69, 9.17) is 16.3 Å². The number of benzene rings is 2. The summed E-state index contributed by atoms with van der Waals surface area (Å²) >= 11 is 5.80. The van der Waals surface area contributed by atoms with Crippen LogP contribution in [0.3, 0.4) is 0 Å². The summed E-state index contributed by atoms with van der Waals surface area (Å²) in [6.07, 6.45) is -0.905. The van der Waals surface area contributed by atoms with Crippen LogP contribution in [-0.2, 0) is 9.53 Å². The Morgan fingerprint density at radius 2 is 1.54 bits per heavy atom. The van der Waals surface area contributed by atoms with Gasteiger partial charge in [0.15, 0.2) is 6.10 Å². The molecule has 0 aliphatic heterocycles. The van der Waals surface area contributed by atoms with E-state index in [9.17, 15) is 9.59 Å². The molecule has 1 N–H and O–H groups in total. The number of esters is 1. The Labute approximate surface area is 146 Å². The van der Waals surface area contributed by atoms with Gasteiger partial charge < -0.3 is 10.1 Å². The highest BCUT2D eigenvalue weighted by Crippen LogP contribution is 2.16. The van der Waals surface area contributed by atoms with E-state index in [1.807, 2.05) is 12.1 Å². The molecular weight excluding hydrogens is 326 g/mol. The molecule has 0 unspecified atom stereocenters. The molecular formula is C19H20ClNO3. The van der Waals surface area contributed by atoms with Crippen LogP contribution in [0.15, 0.2) is 48.5 Å². The minimum Gasteiger partial charge on any atom is -0.449 e. The summed E-state index contributed by atoms with van der Waals surface area (Å²) in [5.41, 5.74) is 2.15. The van der Waals surface area contributed by atoms with Crippen molar-refractivity contribution in [2.45, 2.75) is 32.8 Å². The molecule has 2 rings (SSSR count). The van der Waals surface area contributed by atoms with Gasteiger partial charge in [0, 0.05) is 10.7 Å². The first-order chi connectivity index (χ1) is 11.4. The van der Waals surface area contributed by atoms with Gasteiger partial charge in [0.05, 0.1) is 5.56 Å². The van der Waals surface area contributed by atoms with Crippen molar-refractivity contribution in [3.63, 3.8) is 0 Å². The summed E-state index contributed by atoms with van der Waals surface area (Å²) in [5.74, 6) is -0.535. The van der Waals surface area contributed by atoms with E-state index in [0.717, 1.165) is 5.56 Å². The first-order valence-corrected chi connectivity index (χ1v) is 8.12. The first kappa shape index (κ1) is 18.0. The van der Waals surface area contributed by atoms with Crippen molar-refractivity contribution in [1.29, 1.82) is 0 Å². The van der Waals surface area contributed by atoms with Crippen LogP contribution in [0.25, 0.3) is 0 Å². The van der Waals surface area contributed by atoms with E-state index in [-0.39, 0.29) is 0 Å². The molecule has 0 saturated heterocycles. The Bertz CT molecular complexity index is 708. The summed E-state index contributed by atoms with van der Waals surface area (Å²) in [7, 11) is 0. The standard InChI is InChI=1S/C19H20ClNO3/c1-12(2)14-4-6-15(7-5-14)19(23)24-13(3)18(22)21-17-10-8-16(20)9-11-17/h4-13H,1-3H3,(H,21,22)/t13-/m1/s1. The zero-order valence-electron chi connectivity index (χ0n) is 13.9. The van der Waals surface area contributed by atoms with Crippen LogP contribution >= 0.6 is 11.6 Å². The normalized spacial score (nSPS) is 11.9. The zero-order chi connectivity index (χ0) is 17.7. The maximum absolute atomic E-state index is 12.1. The van der Waals surface area contributed by atoms with Gasteiger partial charge in [-0.2, -0.15) is 0 Å². The van der Waals surface area contributed by atoms with E-state index in [1.54, 1.807) is 36.4 Å². The molecule has 0 spiro atoms. The number of carbonyl (C=O) groups is 2. The highest BCUT2D eigenvalue weighted by Gasteiger charge is 2.19. The molecule has 126 valence electrons. The number of ether oxygens (including phenoxy) is 1. The minimum atomic E-state index is -0.905. The van der Waals surface area contributed by atoms with Gasteiger partial charge in [-0.3, -0.25) is 4.79 Å². The number of halogens is 1. The summed E-state index contributed by atoms with van der Waals surface area (Å²) < 4.78 is 5.22.